The number of ether oxygens (including phenoxy) is 1. The number of benzene rings is 2. The maximum absolute atomic E-state index is 13.4. The van der Waals surface area contributed by atoms with Gasteiger partial charge in [0.1, 0.15) is 11.5 Å². The number of aromatic nitrogens is 2. The highest BCUT2D eigenvalue weighted by atomic mass is 19.1. The van der Waals surface area contributed by atoms with Crippen LogP contribution in [0.3, 0.4) is 0 Å². The van der Waals surface area contributed by atoms with E-state index in [9.17, 15) is 9.18 Å². The summed E-state index contributed by atoms with van der Waals surface area (Å²) in [5.41, 5.74) is 3.52. The van der Waals surface area contributed by atoms with E-state index in [1.165, 1.54) is 12.1 Å². The van der Waals surface area contributed by atoms with Crippen LogP contribution < -0.4 is 5.32 Å². The summed E-state index contributed by atoms with van der Waals surface area (Å²) in [6.45, 7) is 9.87. The van der Waals surface area contributed by atoms with Gasteiger partial charge in [0, 0.05) is 36.9 Å². The molecule has 0 bridgehead atoms. The number of halogens is 1. The first kappa shape index (κ1) is 22.2. The number of morpholine rings is 1. The van der Waals surface area contributed by atoms with Crippen molar-refractivity contribution in [3.05, 3.63) is 71.7 Å². The zero-order valence-electron chi connectivity index (χ0n) is 18.8. The predicted octanol–water partition coefficient (Wildman–Crippen LogP) is 3.83. The van der Waals surface area contributed by atoms with Gasteiger partial charge >= 0.3 is 0 Å². The highest BCUT2D eigenvalue weighted by molar-refractivity contribution is 6.00. The lowest BCUT2D eigenvalue weighted by Crippen LogP contribution is -2.55. The first-order valence-electron chi connectivity index (χ1n) is 10.9. The number of nitrogens with one attached hydrogen (secondary N) is 1. The Kier molecular flexibility index (Phi) is 6.39. The maximum Gasteiger partial charge on any atom is 0.255 e. The van der Waals surface area contributed by atoms with Crippen molar-refractivity contribution in [3.8, 4) is 16.9 Å². The summed E-state index contributed by atoms with van der Waals surface area (Å²) in [5.74, 6) is -0.501. The summed E-state index contributed by atoms with van der Waals surface area (Å²) in [4.78, 5) is 15.6. The van der Waals surface area contributed by atoms with Gasteiger partial charge in [0.25, 0.3) is 5.91 Å². The van der Waals surface area contributed by atoms with Gasteiger partial charge in [0.05, 0.1) is 24.5 Å². The third kappa shape index (κ3) is 4.89. The van der Waals surface area contributed by atoms with Crippen LogP contribution in [0.1, 0.15) is 29.8 Å². The second kappa shape index (κ2) is 9.22. The topological polar surface area (TPSA) is 59.4 Å². The van der Waals surface area contributed by atoms with E-state index < -0.39 is 0 Å². The predicted molar refractivity (Wildman–Crippen MR) is 122 cm³/mol. The molecule has 1 aliphatic heterocycles. The molecular formula is C25H29FN4O2. The average molecular weight is 437 g/mol. The Balaban J connectivity index is 1.62. The summed E-state index contributed by atoms with van der Waals surface area (Å²) in [5, 5.41) is 7.78. The fraction of sp³-hybridized carbons (Fsp3) is 0.360. The molecular weight excluding hydrogens is 407 g/mol. The SMILES string of the molecule is Cc1cccc(-c2nn(-c3ccc(F)cc3)cc2C(=O)NCC(C)(C)N2CCOCC2)c1. The van der Waals surface area contributed by atoms with Crippen molar-refractivity contribution < 1.29 is 13.9 Å². The van der Waals surface area contributed by atoms with E-state index in [2.05, 4.69) is 29.2 Å². The molecule has 0 radical (unpaired) electrons. The van der Waals surface area contributed by atoms with Crippen LogP contribution in [0.4, 0.5) is 4.39 Å². The van der Waals surface area contributed by atoms with Gasteiger partial charge in [-0.05, 0) is 51.1 Å². The molecule has 0 spiro atoms. The number of amides is 1. The van der Waals surface area contributed by atoms with E-state index in [1.807, 2.05) is 31.2 Å². The molecule has 0 saturated carbocycles. The second-order valence-corrected chi connectivity index (χ2v) is 8.78. The largest absolute Gasteiger partial charge is 0.379 e. The molecule has 0 atom stereocenters. The van der Waals surface area contributed by atoms with Gasteiger partial charge in [-0.25, -0.2) is 9.07 Å². The highest BCUT2D eigenvalue weighted by Gasteiger charge is 2.29. The maximum atomic E-state index is 13.4. The summed E-state index contributed by atoms with van der Waals surface area (Å²) < 4.78 is 20.5. The van der Waals surface area contributed by atoms with Crippen molar-refractivity contribution >= 4 is 5.91 Å². The van der Waals surface area contributed by atoms with Crippen LogP contribution in [-0.2, 0) is 4.74 Å². The Hall–Kier alpha value is -3.03. The van der Waals surface area contributed by atoms with E-state index in [-0.39, 0.29) is 17.3 Å². The van der Waals surface area contributed by atoms with Gasteiger partial charge in [-0.3, -0.25) is 9.69 Å². The number of rotatable bonds is 6. The van der Waals surface area contributed by atoms with Crippen molar-refractivity contribution in [2.24, 2.45) is 0 Å². The Morgan fingerprint density at radius 2 is 1.88 bits per heavy atom. The number of carbonyl (C=O) groups is 1. The molecule has 2 aromatic carbocycles. The minimum Gasteiger partial charge on any atom is -0.379 e. The van der Waals surface area contributed by atoms with E-state index in [4.69, 9.17) is 4.74 Å². The Morgan fingerprint density at radius 3 is 2.56 bits per heavy atom. The smallest absolute Gasteiger partial charge is 0.255 e. The van der Waals surface area contributed by atoms with Gasteiger partial charge in [0.2, 0.25) is 0 Å². The zero-order valence-corrected chi connectivity index (χ0v) is 18.8. The van der Waals surface area contributed by atoms with Gasteiger partial charge in [-0.1, -0.05) is 23.8 Å². The van der Waals surface area contributed by atoms with Crippen molar-refractivity contribution in [1.29, 1.82) is 0 Å². The van der Waals surface area contributed by atoms with Crippen LogP contribution in [-0.4, -0.2) is 59.0 Å². The lowest BCUT2D eigenvalue weighted by molar-refractivity contribution is -0.00923. The number of hydrogen-bond donors (Lipinski definition) is 1. The van der Waals surface area contributed by atoms with E-state index in [0.717, 1.165) is 24.2 Å². The molecule has 7 heteroatoms. The van der Waals surface area contributed by atoms with E-state index >= 15 is 0 Å². The molecule has 0 aliphatic carbocycles. The quantitative estimate of drug-likeness (QED) is 0.638. The molecule has 1 N–H and O–H groups in total. The van der Waals surface area contributed by atoms with E-state index in [1.54, 1.807) is 23.0 Å². The van der Waals surface area contributed by atoms with Gasteiger partial charge in [-0.2, -0.15) is 5.10 Å². The standard InChI is InChI=1S/C25H29FN4O2/c1-18-5-4-6-19(15-18)23-22(16-30(28-23)21-9-7-20(26)8-10-21)24(31)27-17-25(2,3)29-11-13-32-14-12-29/h4-10,15-16H,11-14,17H2,1-3H3,(H,27,31). The Bertz CT molecular complexity index is 1090. The summed E-state index contributed by atoms with van der Waals surface area (Å²) in [6.07, 6.45) is 1.71. The molecule has 2 heterocycles. The molecule has 168 valence electrons. The van der Waals surface area contributed by atoms with Gasteiger partial charge < -0.3 is 10.1 Å². The lowest BCUT2D eigenvalue weighted by atomic mass is 10.0. The summed E-state index contributed by atoms with van der Waals surface area (Å²) >= 11 is 0. The molecule has 4 rings (SSSR count). The first-order valence-corrected chi connectivity index (χ1v) is 10.9. The van der Waals surface area contributed by atoms with Gasteiger partial charge in [-0.15, -0.1) is 0 Å². The molecule has 6 nitrogen and oxygen atoms in total. The molecule has 1 amide bonds. The van der Waals surface area contributed by atoms with Crippen LogP contribution in [0, 0.1) is 12.7 Å². The molecule has 3 aromatic rings. The third-order valence-electron chi connectivity index (χ3n) is 5.89. The normalized spacial score (nSPS) is 15.0. The van der Waals surface area contributed by atoms with Gasteiger partial charge in [0.15, 0.2) is 0 Å². The monoisotopic (exact) mass is 436 g/mol. The van der Waals surface area contributed by atoms with Crippen LogP contribution in [0.5, 0.6) is 0 Å². The number of nitrogens with zero attached hydrogens (tertiary/aromatic N) is 3. The number of hydrogen-bond acceptors (Lipinski definition) is 4. The molecule has 0 unspecified atom stereocenters. The summed E-state index contributed by atoms with van der Waals surface area (Å²) in [6, 6.07) is 14.0. The van der Waals surface area contributed by atoms with Crippen molar-refractivity contribution in [2.45, 2.75) is 26.3 Å². The van der Waals surface area contributed by atoms with Crippen molar-refractivity contribution in [1.82, 2.24) is 20.0 Å². The third-order valence-corrected chi connectivity index (χ3v) is 5.89. The van der Waals surface area contributed by atoms with Crippen LogP contribution in [0.2, 0.25) is 0 Å². The average Bonchev–Trinajstić information content (AvgIpc) is 3.24. The molecule has 1 saturated heterocycles. The van der Waals surface area contributed by atoms with Crippen LogP contribution >= 0.6 is 0 Å². The number of aryl methyl sites for hydroxylation is 1. The molecule has 1 fully saturated rings. The first-order chi connectivity index (χ1) is 15.3. The molecule has 32 heavy (non-hydrogen) atoms. The minimum atomic E-state index is -0.317. The van der Waals surface area contributed by atoms with Crippen LogP contribution in [0.15, 0.2) is 54.7 Å². The van der Waals surface area contributed by atoms with E-state index in [0.29, 0.717) is 36.7 Å². The lowest BCUT2D eigenvalue weighted by Gasteiger charge is -2.40. The summed E-state index contributed by atoms with van der Waals surface area (Å²) in [7, 11) is 0. The molecule has 1 aliphatic rings. The molecule has 1 aromatic heterocycles. The Labute approximate surface area is 188 Å². The fourth-order valence-electron chi connectivity index (χ4n) is 3.94. The van der Waals surface area contributed by atoms with Crippen LogP contribution in [0.25, 0.3) is 16.9 Å². The van der Waals surface area contributed by atoms with Crippen molar-refractivity contribution in [2.75, 3.05) is 32.8 Å². The zero-order chi connectivity index (χ0) is 22.7. The minimum absolute atomic E-state index is 0.184. The number of carbonyl (C=O) groups excluding carboxylic acids is 1. The Morgan fingerprint density at radius 1 is 1.16 bits per heavy atom. The van der Waals surface area contributed by atoms with Crippen molar-refractivity contribution in [3.63, 3.8) is 0 Å². The second-order valence-electron chi connectivity index (χ2n) is 8.78. The fourth-order valence-corrected chi connectivity index (χ4v) is 3.94. The highest BCUT2D eigenvalue weighted by Crippen LogP contribution is 2.25.